The number of rotatable bonds is 6. The average Bonchev–Trinajstić information content (AvgIpc) is 3.43. The lowest BCUT2D eigenvalue weighted by molar-refractivity contribution is 0.0600. The van der Waals surface area contributed by atoms with E-state index in [1.807, 2.05) is 48.5 Å². The van der Waals surface area contributed by atoms with Crippen LogP contribution >= 0.6 is 11.6 Å². The first-order chi connectivity index (χ1) is 16.5. The average molecular weight is 473 g/mol. The number of hydrogen-bond donors (Lipinski definition) is 2. The van der Waals surface area contributed by atoms with Crippen molar-refractivity contribution in [2.24, 2.45) is 0 Å². The highest BCUT2D eigenvalue weighted by Crippen LogP contribution is 2.23. The molecule has 5 rings (SSSR count). The molecule has 170 valence electrons. The van der Waals surface area contributed by atoms with E-state index in [0.29, 0.717) is 34.9 Å². The number of halogens is 1. The Kier molecular flexibility index (Phi) is 5.77. The predicted molar refractivity (Wildman–Crippen MR) is 132 cm³/mol. The summed E-state index contributed by atoms with van der Waals surface area (Å²) in [6.07, 6.45) is 1.14. The number of carbonyl (C=O) groups excluding carboxylic acids is 1. The molecule has 0 amide bonds. The first kappa shape index (κ1) is 21.7. The van der Waals surface area contributed by atoms with Gasteiger partial charge in [0.05, 0.1) is 29.4 Å². The summed E-state index contributed by atoms with van der Waals surface area (Å²) in [5, 5.41) is 3.83. The number of aromatic amines is 2. The van der Waals surface area contributed by atoms with Crippen molar-refractivity contribution in [1.29, 1.82) is 0 Å². The van der Waals surface area contributed by atoms with Gasteiger partial charge in [-0.3, -0.25) is 9.89 Å². The second-order valence-electron chi connectivity index (χ2n) is 7.88. The van der Waals surface area contributed by atoms with E-state index in [1.165, 1.54) is 11.8 Å². The zero-order chi connectivity index (χ0) is 23.7. The van der Waals surface area contributed by atoms with Gasteiger partial charge in [-0.25, -0.2) is 9.78 Å². The maximum absolute atomic E-state index is 13.5. The van der Waals surface area contributed by atoms with E-state index in [1.54, 1.807) is 24.3 Å². The molecule has 0 spiro atoms. The number of nitrogens with one attached hydrogen (secondary N) is 2. The van der Waals surface area contributed by atoms with Crippen molar-refractivity contribution in [2.45, 2.75) is 12.8 Å². The van der Waals surface area contributed by atoms with Gasteiger partial charge in [0.25, 0.3) is 5.56 Å². The molecule has 0 aliphatic rings. The van der Waals surface area contributed by atoms with Crippen molar-refractivity contribution in [3.63, 3.8) is 0 Å². The molecule has 8 heteroatoms. The van der Waals surface area contributed by atoms with Gasteiger partial charge in [0.15, 0.2) is 0 Å². The minimum absolute atomic E-state index is 0.171. The highest BCUT2D eigenvalue weighted by atomic mass is 35.5. The summed E-state index contributed by atoms with van der Waals surface area (Å²) in [4.78, 5) is 32.9. The number of imidazole rings is 1. The molecule has 3 aromatic carbocycles. The zero-order valence-electron chi connectivity index (χ0n) is 18.3. The monoisotopic (exact) mass is 472 g/mol. The first-order valence-corrected chi connectivity index (χ1v) is 11.1. The Hall–Kier alpha value is -4.10. The Morgan fingerprint density at radius 3 is 2.53 bits per heavy atom. The lowest BCUT2D eigenvalue weighted by Crippen LogP contribution is -2.18. The van der Waals surface area contributed by atoms with E-state index < -0.39 is 0 Å². The van der Waals surface area contributed by atoms with Crippen molar-refractivity contribution in [3.05, 3.63) is 105 Å². The number of hydrogen-bond acceptors (Lipinski definition) is 4. The van der Waals surface area contributed by atoms with Crippen molar-refractivity contribution < 1.29 is 9.53 Å². The summed E-state index contributed by atoms with van der Waals surface area (Å²) in [5.74, 6) is 0.0201. The van der Waals surface area contributed by atoms with Gasteiger partial charge in [-0.15, -0.1) is 0 Å². The van der Waals surface area contributed by atoms with Crippen LogP contribution in [0.4, 0.5) is 0 Å². The van der Waals surface area contributed by atoms with Gasteiger partial charge >= 0.3 is 5.97 Å². The van der Waals surface area contributed by atoms with Gasteiger partial charge in [0.1, 0.15) is 0 Å². The van der Waals surface area contributed by atoms with Crippen LogP contribution in [0.2, 0.25) is 5.02 Å². The number of nitrogens with zero attached hydrogens (tertiary/aromatic N) is 2. The van der Waals surface area contributed by atoms with Gasteiger partial charge in [0.2, 0.25) is 5.95 Å². The molecule has 34 heavy (non-hydrogen) atoms. The molecule has 0 bridgehead atoms. The largest absolute Gasteiger partial charge is 0.465 e. The van der Waals surface area contributed by atoms with Crippen LogP contribution in [-0.4, -0.2) is 32.8 Å². The SMILES string of the molecule is COC(=O)c1ccc(CCc2c(-c3ccccc3)[nH]n(-c3nc4ccc(Cl)cc4[nH]3)c2=O)cc1. The molecule has 2 N–H and O–H groups in total. The van der Waals surface area contributed by atoms with Crippen LogP contribution < -0.4 is 5.56 Å². The van der Waals surface area contributed by atoms with Crippen LogP contribution in [0.5, 0.6) is 0 Å². The van der Waals surface area contributed by atoms with E-state index in [-0.39, 0.29) is 11.5 Å². The number of aromatic nitrogens is 4. The van der Waals surface area contributed by atoms with E-state index in [0.717, 1.165) is 27.9 Å². The van der Waals surface area contributed by atoms with Gasteiger partial charge < -0.3 is 9.72 Å². The molecule has 0 radical (unpaired) electrons. The predicted octanol–water partition coefficient (Wildman–Crippen LogP) is 4.93. The van der Waals surface area contributed by atoms with E-state index >= 15 is 0 Å². The standard InChI is InChI=1S/C26H21ClN4O3/c1-34-25(33)18-10-7-16(8-11-18)9-13-20-23(17-5-3-2-4-6-17)30-31(24(20)32)26-28-21-14-12-19(27)15-22(21)29-26/h2-8,10-12,14-15,30H,9,13H2,1H3,(H,28,29). The Bertz CT molecular complexity index is 1530. The summed E-state index contributed by atoms with van der Waals surface area (Å²) in [7, 11) is 1.36. The number of fused-ring (bicyclic) bond motifs is 1. The Balaban J connectivity index is 1.52. The minimum Gasteiger partial charge on any atom is -0.465 e. The number of ether oxygens (including phenoxy) is 1. The number of aryl methyl sites for hydroxylation is 1. The molecule has 0 atom stereocenters. The molecule has 7 nitrogen and oxygen atoms in total. The van der Waals surface area contributed by atoms with Gasteiger partial charge in [-0.1, -0.05) is 54.1 Å². The zero-order valence-corrected chi connectivity index (χ0v) is 19.1. The van der Waals surface area contributed by atoms with E-state index in [2.05, 4.69) is 15.1 Å². The Morgan fingerprint density at radius 2 is 1.79 bits per heavy atom. The number of esters is 1. The van der Waals surface area contributed by atoms with Crippen molar-refractivity contribution >= 4 is 28.6 Å². The number of carbonyl (C=O) groups is 1. The van der Waals surface area contributed by atoms with Crippen LogP contribution in [-0.2, 0) is 17.6 Å². The molecular weight excluding hydrogens is 452 g/mol. The molecule has 5 aromatic rings. The maximum Gasteiger partial charge on any atom is 0.337 e. The quantitative estimate of drug-likeness (QED) is 0.342. The molecule has 0 aliphatic heterocycles. The lowest BCUT2D eigenvalue weighted by Gasteiger charge is -2.04. The first-order valence-electron chi connectivity index (χ1n) is 10.8. The third-order valence-corrected chi connectivity index (χ3v) is 5.97. The number of H-pyrrole nitrogens is 2. The summed E-state index contributed by atoms with van der Waals surface area (Å²) < 4.78 is 6.19. The van der Waals surface area contributed by atoms with E-state index in [9.17, 15) is 9.59 Å². The second kappa shape index (κ2) is 9.03. The summed E-state index contributed by atoms with van der Waals surface area (Å²) in [5.41, 5.74) is 5.11. The topological polar surface area (TPSA) is 92.8 Å². The summed E-state index contributed by atoms with van der Waals surface area (Å²) in [6, 6.07) is 22.3. The lowest BCUT2D eigenvalue weighted by atomic mass is 10.0. The fraction of sp³-hybridized carbons (Fsp3) is 0.115. The highest BCUT2D eigenvalue weighted by molar-refractivity contribution is 6.31. The molecule has 0 fully saturated rings. The summed E-state index contributed by atoms with van der Waals surface area (Å²) in [6.45, 7) is 0. The molecule has 0 saturated carbocycles. The third-order valence-electron chi connectivity index (χ3n) is 5.73. The molecule has 2 aromatic heterocycles. The number of benzene rings is 3. The minimum atomic E-state index is -0.376. The van der Waals surface area contributed by atoms with Crippen LogP contribution in [0.3, 0.4) is 0 Å². The van der Waals surface area contributed by atoms with Crippen molar-refractivity contribution in [2.75, 3.05) is 7.11 Å². The number of methoxy groups -OCH3 is 1. The molecule has 0 unspecified atom stereocenters. The fourth-order valence-corrected chi connectivity index (χ4v) is 4.14. The highest BCUT2D eigenvalue weighted by Gasteiger charge is 2.19. The smallest absolute Gasteiger partial charge is 0.337 e. The second-order valence-corrected chi connectivity index (χ2v) is 8.32. The van der Waals surface area contributed by atoms with Crippen LogP contribution in [0, 0.1) is 0 Å². The molecule has 0 saturated heterocycles. The molecule has 0 aliphatic carbocycles. The molecular formula is C26H21ClN4O3. The van der Waals surface area contributed by atoms with Crippen LogP contribution in [0.1, 0.15) is 21.5 Å². The van der Waals surface area contributed by atoms with Gasteiger partial charge in [-0.05, 0) is 54.3 Å². The van der Waals surface area contributed by atoms with Gasteiger partial charge in [-0.2, -0.15) is 4.68 Å². The molecule has 2 heterocycles. The fourth-order valence-electron chi connectivity index (χ4n) is 3.97. The van der Waals surface area contributed by atoms with E-state index in [4.69, 9.17) is 16.3 Å². The van der Waals surface area contributed by atoms with Crippen molar-refractivity contribution in [1.82, 2.24) is 19.7 Å². The van der Waals surface area contributed by atoms with Gasteiger partial charge in [0, 0.05) is 10.6 Å². The van der Waals surface area contributed by atoms with Crippen molar-refractivity contribution in [3.8, 4) is 17.2 Å². The normalized spacial score (nSPS) is 11.1. The Labute approximate surface area is 200 Å². The third kappa shape index (κ3) is 4.13. The Morgan fingerprint density at radius 1 is 1.03 bits per heavy atom. The van der Waals surface area contributed by atoms with Crippen LogP contribution in [0.15, 0.2) is 77.6 Å². The maximum atomic E-state index is 13.5. The van der Waals surface area contributed by atoms with Crippen LogP contribution in [0.25, 0.3) is 28.2 Å². The summed E-state index contributed by atoms with van der Waals surface area (Å²) >= 11 is 6.10.